The molecule has 0 aliphatic rings. The molecule has 1 aromatic carbocycles. The van der Waals surface area contributed by atoms with Gasteiger partial charge in [0.1, 0.15) is 5.01 Å². The fourth-order valence-corrected chi connectivity index (χ4v) is 2.93. The third-order valence-corrected chi connectivity index (χ3v) is 4.75. The molecule has 7 heteroatoms. The van der Waals surface area contributed by atoms with Crippen LogP contribution in [0.2, 0.25) is 0 Å². The standard InChI is InChI=1S/C20H27N3O3S/c1-5-7-12-26-16-10-8-15(13-17(16)25-6-2)9-11-18(24)21-20-23-22-19(27-20)14(3)4/h8-11,13-14H,5-7,12H2,1-4H3,(H,21,23,24)/b11-9+. The van der Waals surface area contributed by atoms with Crippen molar-refractivity contribution in [3.63, 3.8) is 0 Å². The maximum atomic E-state index is 12.1. The molecule has 1 heterocycles. The van der Waals surface area contributed by atoms with Crippen molar-refractivity contribution in [2.75, 3.05) is 18.5 Å². The molecule has 0 unspecified atom stereocenters. The van der Waals surface area contributed by atoms with E-state index in [-0.39, 0.29) is 5.91 Å². The SMILES string of the molecule is CCCCOc1ccc(/C=C/C(=O)Nc2nnc(C(C)C)s2)cc1OCC. The first-order chi connectivity index (χ1) is 13.0. The lowest BCUT2D eigenvalue weighted by Gasteiger charge is -2.12. The summed E-state index contributed by atoms with van der Waals surface area (Å²) in [6.07, 6.45) is 5.28. The Bertz CT molecular complexity index is 772. The lowest BCUT2D eigenvalue weighted by Crippen LogP contribution is -2.07. The van der Waals surface area contributed by atoms with E-state index in [0.29, 0.717) is 30.0 Å². The van der Waals surface area contributed by atoms with Crippen LogP contribution in [-0.2, 0) is 4.79 Å². The van der Waals surface area contributed by atoms with Crippen molar-refractivity contribution < 1.29 is 14.3 Å². The molecule has 0 atom stereocenters. The molecule has 0 bridgehead atoms. The van der Waals surface area contributed by atoms with Crippen LogP contribution in [0.25, 0.3) is 6.08 Å². The maximum absolute atomic E-state index is 12.1. The van der Waals surface area contributed by atoms with E-state index in [1.807, 2.05) is 39.0 Å². The summed E-state index contributed by atoms with van der Waals surface area (Å²) in [5, 5.41) is 12.2. The molecule has 0 aliphatic carbocycles. The van der Waals surface area contributed by atoms with Gasteiger partial charge in [-0.2, -0.15) is 0 Å². The number of hydrogen-bond donors (Lipinski definition) is 1. The number of unbranched alkanes of at least 4 members (excludes halogenated alkanes) is 1. The predicted octanol–water partition coefficient (Wildman–Crippen LogP) is 4.89. The van der Waals surface area contributed by atoms with Crippen LogP contribution in [0, 0.1) is 0 Å². The molecular formula is C20H27N3O3S. The molecule has 2 aromatic rings. The molecule has 146 valence electrons. The fourth-order valence-electron chi connectivity index (χ4n) is 2.18. The van der Waals surface area contributed by atoms with E-state index in [4.69, 9.17) is 9.47 Å². The third kappa shape index (κ3) is 6.67. The van der Waals surface area contributed by atoms with Gasteiger partial charge in [0.05, 0.1) is 13.2 Å². The van der Waals surface area contributed by atoms with Crippen LogP contribution in [0.15, 0.2) is 24.3 Å². The Morgan fingerprint density at radius 1 is 1.22 bits per heavy atom. The fraction of sp³-hybridized carbons (Fsp3) is 0.450. The summed E-state index contributed by atoms with van der Waals surface area (Å²) in [6, 6.07) is 5.64. The summed E-state index contributed by atoms with van der Waals surface area (Å²) in [4.78, 5) is 12.1. The largest absolute Gasteiger partial charge is 0.490 e. The molecule has 0 spiro atoms. The molecule has 0 saturated carbocycles. The number of aromatic nitrogens is 2. The average Bonchev–Trinajstić information content (AvgIpc) is 3.11. The molecular weight excluding hydrogens is 362 g/mol. The second-order valence-corrected chi connectivity index (χ2v) is 7.27. The van der Waals surface area contributed by atoms with E-state index in [2.05, 4.69) is 22.4 Å². The number of hydrogen-bond acceptors (Lipinski definition) is 6. The monoisotopic (exact) mass is 389 g/mol. The van der Waals surface area contributed by atoms with Gasteiger partial charge in [-0.25, -0.2) is 0 Å². The normalized spacial score (nSPS) is 11.1. The number of benzene rings is 1. The lowest BCUT2D eigenvalue weighted by molar-refractivity contribution is -0.111. The summed E-state index contributed by atoms with van der Waals surface area (Å²) >= 11 is 1.39. The Hall–Kier alpha value is -2.41. The third-order valence-electron chi connectivity index (χ3n) is 3.61. The number of anilines is 1. The number of nitrogens with zero attached hydrogens (tertiary/aromatic N) is 2. The zero-order chi connectivity index (χ0) is 19.6. The number of rotatable bonds is 10. The van der Waals surface area contributed by atoms with Gasteiger partial charge in [0.2, 0.25) is 11.0 Å². The molecule has 2 rings (SSSR count). The van der Waals surface area contributed by atoms with Crippen LogP contribution < -0.4 is 14.8 Å². The molecule has 6 nitrogen and oxygen atoms in total. The number of carbonyl (C=O) groups excluding carboxylic acids is 1. The van der Waals surface area contributed by atoms with Gasteiger partial charge in [-0.15, -0.1) is 10.2 Å². The van der Waals surface area contributed by atoms with Crippen LogP contribution in [0.4, 0.5) is 5.13 Å². The van der Waals surface area contributed by atoms with Gasteiger partial charge in [0.25, 0.3) is 0 Å². The van der Waals surface area contributed by atoms with Gasteiger partial charge < -0.3 is 9.47 Å². The van der Waals surface area contributed by atoms with E-state index in [9.17, 15) is 4.79 Å². The number of nitrogens with one attached hydrogen (secondary N) is 1. The van der Waals surface area contributed by atoms with Crippen LogP contribution in [0.3, 0.4) is 0 Å². The second-order valence-electron chi connectivity index (χ2n) is 6.26. The highest BCUT2D eigenvalue weighted by Crippen LogP contribution is 2.29. The highest BCUT2D eigenvalue weighted by molar-refractivity contribution is 7.15. The minimum Gasteiger partial charge on any atom is -0.490 e. The van der Waals surface area contributed by atoms with E-state index >= 15 is 0 Å². The van der Waals surface area contributed by atoms with Crippen molar-refractivity contribution in [2.45, 2.75) is 46.5 Å². The molecule has 1 amide bonds. The van der Waals surface area contributed by atoms with Gasteiger partial charge in [-0.05, 0) is 37.1 Å². The highest BCUT2D eigenvalue weighted by Gasteiger charge is 2.09. The van der Waals surface area contributed by atoms with Crippen LogP contribution in [-0.4, -0.2) is 29.3 Å². The molecule has 0 fully saturated rings. The van der Waals surface area contributed by atoms with E-state index in [0.717, 1.165) is 29.2 Å². The van der Waals surface area contributed by atoms with Crippen molar-refractivity contribution in [2.24, 2.45) is 0 Å². The molecule has 0 saturated heterocycles. The molecule has 1 N–H and O–H groups in total. The van der Waals surface area contributed by atoms with E-state index < -0.39 is 0 Å². The zero-order valence-electron chi connectivity index (χ0n) is 16.3. The van der Waals surface area contributed by atoms with Crippen molar-refractivity contribution in [1.82, 2.24) is 10.2 Å². The number of carbonyl (C=O) groups is 1. The lowest BCUT2D eigenvalue weighted by atomic mass is 10.2. The Morgan fingerprint density at radius 3 is 2.70 bits per heavy atom. The smallest absolute Gasteiger partial charge is 0.250 e. The maximum Gasteiger partial charge on any atom is 0.250 e. The van der Waals surface area contributed by atoms with Crippen molar-refractivity contribution >= 4 is 28.5 Å². The summed E-state index contributed by atoms with van der Waals surface area (Å²) < 4.78 is 11.4. The van der Waals surface area contributed by atoms with E-state index in [1.54, 1.807) is 6.08 Å². The quantitative estimate of drug-likeness (QED) is 0.462. The van der Waals surface area contributed by atoms with Gasteiger partial charge in [-0.1, -0.05) is 44.6 Å². The van der Waals surface area contributed by atoms with Crippen LogP contribution >= 0.6 is 11.3 Å². The Kier molecular flexibility index (Phi) is 8.26. The van der Waals surface area contributed by atoms with Crippen molar-refractivity contribution in [3.8, 4) is 11.5 Å². The van der Waals surface area contributed by atoms with Gasteiger partial charge in [0, 0.05) is 12.0 Å². The number of amides is 1. The molecule has 27 heavy (non-hydrogen) atoms. The molecule has 0 radical (unpaired) electrons. The first-order valence-corrected chi connectivity index (χ1v) is 10.1. The van der Waals surface area contributed by atoms with Gasteiger partial charge >= 0.3 is 0 Å². The van der Waals surface area contributed by atoms with Crippen LogP contribution in [0.1, 0.15) is 57.0 Å². The summed E-state index contributed by atoms with van der Waals surface area (Å²) in [7, 11) is 0. The molecule has 1 aromatic heterocycles. The molecule has 0 aliphatic heterocycles. The second kappa shape index (κ2) is 10.7. The first kappa shape index (κ1) is 20.9. The Labute approximate surface area is 164 Å². The van der Waals surface area contributed by atoms with Crippen LogP contribution in [0.5, 0.6) is 11.5 Å². The average molecular weight is 390 g/mol. The van der Waals surface area contributed by atoms with Crippen molar-refractivity contribution in [3.05, 3.63) is 34.8 Å². The predicted molar refractivity (Wildman–Crippen MR) is 110 cm³/mol. The summed E-state index contributed by atoms with van der Waals surface area (Å²) in [5.74, 6) is 1.45. The Balaban J connectivity index is 2.01. The number of ether oxygens (including phenoxy) is 2. The summed E-state index contributed by atoms with van der Waals surface area (Å²) in [6.45, 7) is 9.34. The summed E-state index contributed by atoms with van der Waals surface area (Å²) in [5.41, 5.74) is 0.858. The Morgan fingerprint density at radius 2 is 2.04 bits per heavy atom. The minimum absolute atomic E-state index is 0.248. The zero-order valence-corrected chi connectivity index (χ0v) is 17.1. The minimum atomic E-state index is -0.248. The van der Waals surface area contributed by atoms with Gasteiger partial charge in [-0.3, -0.25) is 10.1 Å². The van der Waals surface area contributed by atoms with Crippen molar-refractivity contribution in [1.29, 1.82) is 0 Å². The highest BCUT2D eigenvalue weighted by atomic mass is 32.1. The van der Waals surface area contributed by atoms with Gasteiger partial charge in [0.15, 0.2) is 11.5 Å². The first-order valence-electron chi connectivity index (χ1n) is 9.25. The van der Waals surface area contributed by atoms with E-state index in [1.165, 1.54) is 17.4 Å². The topological polar surface area (TPSA) is 73.3 Å².